The number of aromatic nitrogens is 1. The number of nitrogens with one attached hydrogen (secondary N) is 1. The molecule has 6 nitrogen and oxygen atoms in total. The van der Waals surface area contributed by atoms with Crippen LogP contribution < -0.4 is 5.32 Å². The van der Waals surface area contributed by atoms with Crippen LogP contribution in [0.15, 0.2) is 24.4 Å². The summed E-state index contributed by atoms with van der Waals surface area (Å²) >= 11 is 0. The maximum atomic E-state index is 11.8. The number of esters is 1. The van der Waals surface area contributed by atoms with E-state index in [2.05, 4.69) is 10.3 Å². The summed E-state index contributed by atoms with van der Waals surface area (Å²) in [5.74, 6) is -0.566. The summed E-state index contributed by atoms with van der Waals surface area (Å²) in [5.41, 5.74) is 0.406. The Balaban J connectivity index is 2.82. The zero-order valence-corrected chi connectivity index (χ0v) is 10.4. The highest BCUT2D eigenvalue weighted by Crippen LogP contribution is 2.11. The van der Waals surface area contributed by atoms with Crippen molar-refractivity contribution >= 4 is 12.1 Å². The SMILES string of the molecule is CCOC(=O)N[C@@H](C(=O)OCC)c1ccccn1. The first-order chi connectivity index (χ1) is 8.69. The van der Waals surface area contributed by atoms with E-state index in [4.69, 9.17) is 9.47 Å². The molecule has 0 bridgehead atoms. The van der Waals surface area contributed by atoms with Crippen LogP contribution in [0.5, 0.6) is 0 Å². The highest BCUT2D eigenvalue weighted by atomic mass is 16.6. The van der Waals surface area contributed by atoms with Crippen LogP contribution in [0.25, 0.3) is 0 Å². The number of pyridine rings is 1. The summed E-state index contributed by atoms with van der Waals surface area (Å²) in [6, 6.07) is 4.12. The van der Waals surface area contributed by atoms with Crippen LogP contribution in [0.4, 0.5) is 4.79 Å². The molecule has 98 valence electrons. The molecule has 0 radical (unpaired) electrons. The standard InChI is InChI=1S/C12H16N2O4/c1-3-17-11(15)10(14-12(16)18-4-2)9-7-5-6-8-13-9/h5-8,10H,3-4H2,1-2H3,(H,14,16)/t10-/m1/s1. The van der Waals surface area contributed by atoms with Crippen molar-refractivity contribution in [3.63, 3.8) is 0 Å². The smallest absolute Gasteiger partial charge is 0.408 e. The molecule has 1 atom stereocenters. The molecule has 1 N–H and O–H groups in total. The number of nitrogens with zero attached hydrogens (tertiary/aromatic N) is 1. The van der Waals surface area contributed by atoms with Gasteiger partial charge >= 0.3 is 12.1 Å². The van der Waals surface area contributed by atoms with E-state index in [0.29, 0.717) is 5.69 Å². The fourth-order valence-electron chi connectivity index (χ4n) is 1.32. The molecule has 0 unspecified atom stereocenters. The molecule has 0 aliphatic carbocycles. The third-order valence-electron chi connectivity index (χ3n) is 2.04. The maximum absolute atomic E-state index is 11.8. The first-order valence-corrected chi connectivity index (χ1v) is 5.69. The third kappa shape index (κ3) is 4.04. The third-order valence-corrected chi connectivity index (χ3v) is 2.04. The highest BCUT2D eigenvalue weighted by Gasteiger charge is 2.25. The van der Waals surface area contributed by atoms with Crippen LogP contribution in [0.2, 0.25) is 0 Å². The van der Waals surface area contributed by atoms with Gasteiger partial charge in [0.15, 0.2) is 6.04 Å². The number of hydrogen-bond donors (Lipinski definition) is 1. The normalized spacial score (nSPS) is 11.4. The predicted octanol–water partition coefficient (Wildman–Crippen LogP) is 1.43. The molecular weight excluding hydrogens is 236 g/mol. The Morgan fingerprint density at radius 1 is 1.28 bits per heavy atom. The zero-order valence-electron chi connectivity index (χ0n) is 10.4. The van der Waals surface area contributed by atoms with Gasteiger partial charge in [-0.25, -0.2) is 9.59 Å². The molecule has 1 rings (SSSR count). The van der Waals surface area contributed by atoms with Crippen LogP contribution in [0.3, 0.4) is 0 Å². The van der Waals surface area contributed by atoms with Crippen molar-refractivity contribution in [3.05, 3.63) is 30.1 Å². The van der Waals surface area contributed by atoms with Crippen molar-refractivity contribution in [2.75, 3.05) is 13.2 Å². The van der Waals surface area contributed by atoms with E-state index < -0.39 is 18.1 Å². The molecular formula is C12H16N2O4. The largest absolute Gasteiger partial charge is 0.464 e. The molecule has 6 heteroatoms. The Kier molecular flexibility index (Phi) is 5.63. The van der Waals surface area contributed by atoms with Gasteiger partial charge in [0.2, 0.25) is 0 Å². The van der Waals surface area contributed by atoms with Gasteiger partial charge in [0, 0.05) is 6.20 Å². The second-order valence-corrected chi connectivity index (χ2v) is 3.30. The van der Waals surface area contributed by atoms with Crippen molar-refractivity contribution in [2.24, 2.45) is 0 Å². The van der Waals surface area contributed by atoms with Gasteiger partial charge in [-0.1, -0.05) is 6.07 Å². The molecule has 0 saturated heterocycles. The topological polar surface area (TPSA) is 77.5 Å². The van der Waals surface area contributed by atoms with Crippen LogP contribution in [0, 0.1) is 0 Å². The molecule has 18 heavy (non-hydrogen) atoms. The van der Waals surface area contributed by atoms with Gasteiger partial charge in [-0.05, 0) is 26.0 Å². The molecule has 0 fully saturated rings. The van der Waals surface area contributed by atoms with Crippen LogP contribution in [-0.4, -0.2) is 30.3 Å². The Morgan fingerprint density at radius 2 is 2.00 bits per heavy atom. The van der Waals surface area contributed by atoms with Gasteiger partial charge in [0.25, 0.3) is 0 Å². The van der Waals surface area contributed by atoms with E-state index in [9.17, 15) is 9.59 Å². The Labute approximate surface area is 105 Å². The van der Waals surface area contributed by atoms with Crippen molar-refractivity contribution < 1.29 is 19.1 Å². The predicted molar refractivity (Wildman–Crippen MR) is 63.8 cm³/mol. The zero-order chi connectivity index (χ0) is 13.4. The second kappa shape index (κ2) is 7.26. The van der Waals surface area contributed by atoms with E-state index in [1.54, 1.807) is 32.0 Å². The molecule has 0 spiro atoms. The number of carbonyl (C=O) groups excluding carboxylic acids is 2. The lowest BCUT2D eigenvalue weighted by Gasteiger charge is -2.16. The Hall–Kier alpha value is -2.11. The van der Waals surface area contributed by atoms with E-state index in [0.717, 1.165) is 0 Å². The van der Waals surface area contributed by atoms with Gasteiger partial charge in [0.1, 0.15) is 0 Å². The molecule has 1 amide bonds. The lowest BCUT2D eigenvalue weighted by Crippen LogP contribution is -2.35. The van der Waals surface area contributed by atoms with Crippen molar-refractivity contribution in [2.45, 2.75) is 19.9 Å². The number of amides is 1. The second-order valence-electron chi connectivity index (χ2n) is 3.30. The average Bonchev–Trinajstić information content (AvgIpc) is 2.37. The van der Waals surface area contributed by atoms with Gasteiger partial charge in [-0.3, -0.25) is 4.98 Å². The molecule has 1 aromatic heterocycles. The Morgan fingerprint density at radius 3 is 2.56 bits per heavy atom. The molecule has 0 aliphatic heterocycles. The van der Waals surface area contributed by atoms with Gasteiger partial charge < -0.3 is 14.8 Å². The van der Waals surface area contributed by atoms with Crippen molar-refractivity contribution in [3.8, 4) is 0 Å². The summed E-state index contributed by atoms with van der Waals surface area (Å²) in [7, 11) is 0. The highest BCUT2D eigenvalue weighted by molar-refractivity contribution is 5.82. The van der Waals surface area contributed by atoms with E-state index in [1.807, 2.05) is 0 Å². The summed E-state index contributed by atoms with van der Waals surface area (Å²) in [6.07, 6.45) is 0.857. The number of rotatable bonds is 5. The monoisotopic (exact) mass is 252 g/mol. The molecule has 0 aliphatic rings. The number of alkyl carbamates (subject to hydrolysis) is 1. The van der Waals surface area contributed by atoms with E-state index in [-0.39, 0.29) is 13.2 Å². The van der Waals surface area contributed by atoms with Crippen LogP contribution in [0.1, 0.15) is 25.6 Å². The summed E-state index contributed by atoms with van der Waals surface area (Å²) < 4.78 is 9.62. The lowest BCUT2D eigenvalue weighted by atomic mass is 10.2. The van der Waals surface area contributed by atoms with Gasteiger partial charge in [-0.2, -0.15) is 0 Å². The van der Waals surface area contributed by atoms with Crippen molar-refractivity contribution in [1.82, 2.24) is 10.3 Å². The maximum Gasteiger partial charge on any atom is 0.408 e. The van der Waals surface area contributed by atoms with E-state index >= 15 is 0 Å². The van der Waals surface area contributed by atoms with Gasteiger partial charge in [0.05, 0.1) is 18.9 Å². The minimum atomic E-state index is -0.954. The number of ether oxygens (including phenoxy) is 2. The molecule has 1 aromatic rings. The lowest BCUT2D eigenvalue weighted by molar-refractivity contribution is -0.145. The minimum Gasteiger partial charge on any atom is -0.464 e. The summed E-state index contributed by atoms with van der Waals surface area (Å²) in [4.78, 5) is 27.1. The molecule has 0 saturated carbocycles. The average molecular weight is 252 g/mol. The van der Waals surface area contributed by atoms with Crippen LogP contribution in [-0.2, 0) is 14.3 Å². The van der Waals surface area contributed by atoms with Gasteiger partial charge in [-0.15, -0.1) is 0 Å². The first-order valence-electron chi connectivity index (χ1n) is 5.69. The fraction of sp³-hybridized carbons (Fsp3) is 0.417. The number of carbonyl (C=O) groups is 2. The summed E-state index contributed by atoms with van der Waals surface area (Å²) in [5, 5.41) is 2.42. The summed E-state index contributed by atoms with van der Waals surface area (Å²) in [6.45, 7) is 3.83. The number of hydrogen-bond acceptors (Lipinski definition) is 5. The van der Waals surface area contributed by atoms with Crippen LogP contribution >= 0.6 is 0 Å². The first kappa shape index (κ1) is 14.0. The molecule has 0 aromatic carbocycles. The molecule has 1 heterocycles. The Bertz CT molecular complexity index is 394. The quantitative estimate of drug-likeness (QED) is 0.802. The minimum absolute atomic E-state index is 0.226. The van der Waals surface area contributed by atoms with E-state index in [1.165, 1.54) is 6.20 Å². The fourth-order valence-corrected chi connectivity index (χ4v) is 1.32. The van der Waals surface area contributed by atoms with Crippen molar-refractivity contribution in [1.29, 1.82) is 0 Å².